The Kier molecular flexibility index (Phi) is 10.5. The first-order valence-electron chi connectivity index (χ1n) is 18.9. The van der Waals surface area contributed by atoms with Crippen LogP contribution in [0.5, 0.6) is 11.5 Å². The van der Waals surface area contributed by atoms with Crippen LogP contribution >= 0.6 is 0 Å². The van der Waals surface area contributed by atoms with Gasteiger partial charge in [-0.15, -0.1) is 0 Å². The zero-order valence-electron chi connectivity index (χ0n) is 31.6. The van der Waals surface area contributed by atoms with E-state index < -0.39 is 12.1 Å². The molecule has 2 aliphatic rings. The van der Waals surface area contributed by atoms with Crippen LogP contribution in [0.3, 0.4) is 0 Å². The van der Waals surface area contributed by atoms with Crippen molar-refractivity contribution in [2.45, 2.75) is 51.4 Å². The lowest BCUT2D eigenvalue weighted by Gasteiger charge is -2.30. The molecule has 6 aromatic rings. The Bertz CT molecular complexity index is 2430. The minimum atomic E-state index is -0.735. The number of aliphatic carboxylic acids is 1. The third kappa shape index (κ3) is 7.08. The molecule has 0 saturated carbocycles. The number of carbonyl (C=O) groups is 1. The van der Waals surface area contributed by atoms with Crippen molar-refractivity contribution in [2.75, 3.05) is 40.5 Å². The molecule has 0 unspecified atom stereocenters. The molecule has 0 radical (unpaired) electrons. The van der Waals surface area contributed by atoms with Gasteiger partial charge in [-0.25, -0.2) is 9.67 Å². The maximum atomic E-state index is 11.4. The number of hydrogen-bond donors (Lipinski definition) is 3. The highest BCUT2D eigenvalue weighted by Crippen LogP contribution is 2.39. The number of nitriles is 1. The number of rotatable bonds is 11. The number of fused-ring (bicyclic) bond motifs is 2. The van der Waals surface area contributed by atoms with Gasteiger partial charge in [0.1, 0.15) is 23.1 Å². The molecular formula is C43H44N6O7. The van der Waals surface area contributed by atoms with E-state index in [1.165, 1.54) is 0 Å². The average molecular weight is 757 g/mol. The largest absolute Gasteiger partial charge is 0.496 e. The van der Waals surface area contributed by atoms with Gasteiger partial charge in [0, 0.05) is 48.8 Å². The van der Waals surface area contributed by atoms with E-state index in [0.29, 0.717) is 92.7 Å². The number of piperidine rings is 1. The molecule has 3 N–H and O–H groups in total. The number of likely N-dealkylation sites (tertiary alicyclic amines) is 1. The number of oxazole rings is 1. The third-order valence-corrected chi connectivity index (χ3v) is 11.2. The predicted octanol–water partition coefficient (Wildman–Crippen LogP) is 6.23. The molecular weight excluding hydrogens is 713 g/mol. The van der Waals surface area contributed by atoms with E-state index in [9.17, 15) is 20.3 Å². The van der Waals surface area contributed by atoms with Gasteiger partial charge >= 0.3 is 5.97 Å². The van der Waals surface area contributed by atoms with E-state index in [4.69, 9.17) is 28.7 Å². The molecule has 288 valence electrons. The van der Waals surface area contributed by atoms with Crippen LogP contribution in [0.4, 0.5) is 0 Å². The number of hydrogen-bond acceptors (Lipinski definition) is 11. The molecule has 13 heteroatoms. The summed E-state index contributed by atoms with van der Waals surface area (Å²) in [4.78, 5) is 18.5. The molecule has 0 spiro atoms. The molecule has 4 aromatic carbocycles. The Hall–Kier alpha value is -5.78. The van der Waals surface area contributed by atoms with E-state index in [1.807, 2.05) is 66.3 Å². The highest BCUT2D eigenvalue weighted by molar-refractivity contribution is 5.97. The maximum absolute atomic E-state index is 11.4. The highest BCUT2D eigenvalue weighted by atomic mass is 16.5. The van der Waals surface area contributed by atoms with Crippen LogP contribution in [-0.2, 0) is 22.6 Å². The van der Waals surface area contributed by atoms with Crippen LogP contribution in [0, 0.1) is 24.2 Å². The van der Waals surface area contributed by atoms with E-state index in [2.05, 4.69) is 28.4 Å². The number of carboxylic acids is 1. The number of aliphatic hydroxyl groups excluding tert-OH is 1. The third-order valence-electron chi connectivity index (χ3n) is 11.2. The fourth-order valence-electron chi connectivity index (χ4n) is 8.09. The van der Waals surface area contributed by atoms with Gasteiger partial charge in [-0.3, -0.25) is 9.69 Å². The molecule has 2 aromatic heterocycles. The Morgan fingerprint density at radius 2 is 1.75 bits per heavy atom. The van der Waals surface area contributed by atoms with E-state index >= 15 is 0 Å². The van der Waals surface area contributed by atoms with Crippen molar-refractivity contribution in [3.05, 3.63) is 89.1 Å². The first-order valence-corrected chi connectivity index (χ1v) is 18.9. The molecule has 8 rings (SSSR count). The van der Waals surface area contributed by atoms with Crippen molar-refractivity contribution in [1.82, 2.24) is 25.0 Å². The molecule has 0 amide bonds. The first-order chi connectivity index (χ1) is 27.3. The first kappa shape index (κ1) is 37.2. The van der Waals surface area contributed by atoms with Crippen LogP contribution < -0.4 is 14.8 Å². The molecule has 0 aliphatic carbocycles. The molecule has 2 fully saturated rings. The van der Waals surface area contributed by atoms with Crippen LogP contribution in [0.25, 0.3) is 50.3 Å². The number of aliphatic hydroxyl groups is 1. The van der Waals surface area contributed by atoms with E-state index in [-0.39, 0.29) is 12.0 Å². The summed E-state index contributed by atoms with van der Waals surface area (Å²) in [7, 11) is 3.26. The van der Waals surface area contributed by atoms with Gasteiger partial charge in [-0.2, -0.15) is 10.4 Å². The predicted molar refractivity (Wildman–Crippen MR) is 210 cm³/mol. The second kappa shape index (κ2) is 15.8. The lowest BCUT2D eigenvalue weighted by atomic mass is 9.94. The number of benzene rings is 4. The van der Waals surface area contributed by atoms with Gasteiger partial charge in [-0.05, 0) is 85.8 Å². The molecule has 13 nitrogen and oxygen atoms in total. The van der Waals surface area contributed by atoms with Crippen molar-refractivity contribution >= 4 is 28.0 Å². The summed E-state index contributed by atoms with van der Waals surface area (Å²) in [5.74, 6) is 0.672. The summed E-state index contributed by atoms with van der Waals surface area (Å²) >= 11 is 0. The molecule has 2 saturated heterocycles. The lowest BCUT2D eigenvalue weighted by molar-refractivity contribution is -0.143. The van der Waals surface area contributed by atoms with Crippen LogP contribution in [0.15, 0.2) is 71.3 Å². The number of ether oxygens (including phenoxy) is 3. The van der Waals surface area contributed by atoms with Gasteiger partial charge in [0.2, 0.25) is 5.89 Å². The summed E-state index contributed by atoms with van der Waals surface area (Å²) in [5, 5.41) is 39.1. The fraction of sp³-hybridized carbons (Fsp3) is 0.349. The zero-order chi connectivity index (χ0) is 38.9. The average Bonchev–Trinajstić information content (AvgIpc) is 3.85. The molecule has 2 atom stereocenters. The van der Waals surface area contributed by atoms with Crippen LogP contribution in [0.1, 0.15) is 41.5 Å². The summed E-state index contributed by atoms with van der Waals surface area (Å²) in [6, 6.07) is 22.0. The molecule has 2 aliphatic heterocycles. The zero-order valence-corrected chi connectivity index (χ0v) is 31.6. The Morgan fingerprint density at radius 3 is 2.46 bits per heavy atom. The van der Waals surface area contributed by atoms with Crippen molar-refractivity contribution in [3.63, 3.8) is 0 Å². The fourth-order valence-corrected chi connectivity index (χ4v) is 8.09. The molecule has 56 heavy (non-hydrogen) atoms. The van der Waals surface area contributed by atoms with Gasteiger partial charge in [0.15, 0.2) is 5.58 Å². The number of aromatic nitrogens is 3. The summed E-state index contributed by atoms with van der Waals surface area (Å²) in [6.07, 6.45) is 3.22. The van der Waals surface area contributed by atoms with Crippen molar-refractivity contribution in [1.29, 1.82) is 5.26 Å². The topological polar surface area (TPSA) is 168 Å². The summed E-state index contributed by atoms with van der Waals surface area (Å²) < 4.78 is 25.3. The number of nitrogens with one attached hydrogen (secondary N) is 1. The van der Waals surface area contributed by atoms with E-state index in [1.54, 1.807) is 14.2 Å². The molecule has 4 heterocycles. The Balaban J connectivity index is 1.09. The van der Waals surface area contributed by atoms with Crippen molar-refractivity contribution in [2.24, 2.45) is 5.92 Å². The Morgan fingerprint density at radius 1 is 1.02 bits per heavy atom. The standard InChI is InChI=1S/C43H44N6O7/c1-25-30(6-4-7-31(25)42-47-36-17-26(16-28(20-44)41(36)56-42)23-48-13-10-27(11-14-48)43(51)52)32-8-5-9-37-33(32)22-46-49(37)29-18-39(53-2)34(40(19-29)54-3)21-45-35-12-15-55-24-38(35)50/h4-9,16-19,22,27,35,38,45,50H,10-15,21,23-24H2,1-3H3,(H,51,52)/t35-,38+/m1/s1. The minimum Gasteiger partial charge on any atom is -0.496 e. The second-order valence-corrected chi connectivity index (χ2v) is 14.5. The molecule has 0 bridgehead atoms. The number of nitrogens with zero attached hydrogens (tertiary/aromatic N) is 5. The Labute approximate surface area is 324 Å². The van der Waals surface area contributed by atoms with Gasteiger partial charge in [0.05, 0.1) is 61.4 Å². The summed E-state index contributed by atoms with van der Waals surface area (Å²) in [6.45, 7) is 5.38. The smallest absolute Gasteiger partial charge is 0.306 e. The van der Waals surface area contributed by atoms with Crippen LogP contribution in [-0.4, -0.2) is 88.5 Å². The monoisotopic (exact) mass is 756 g/mol. The normalized spacial score (nSPS) is 18.0. The van der Waals surface area contributed by atoms with Crippen LogP contribution in [0.2, 0.25) is 0 Å². The SMILES string of the molecule is COc1cc(-n2ncc3c(-c4cccc(-c5nc6cc(CN7CCC(C(=O)O)CC7)cc(C#N)c6o5)c4C)cccc32)cc(OC)c1CN[C@@H]1CCOC[C@@H]1O. The van der Waals surface area contributed by atoms with Crippen molar-refractivity contribution in [3.8, 4) is 45.8 Å². The minimum absolute atomic E-state index is 0.0914. The van der Waals surface area contributed by atoms with Crippen molar-refractivity contribution < 1.29 is 33.6 Å². The second-order valence-electron chi connectivity index (χ2n) is 14.5. The van der Waals surface area contributed by atoms with E-state index in [0.717, 1.165) is 50.0 Å². The summed E-state index contributed by atoms with van der Waals surface area (Å²) in [5.41, 5.74) is 8.68. The number of carboxylic acid groups (broad SMARTS) is 1. The number of methoxy groups -OCH3 is 2. The van der Waals surface area contributed by atoms with Gasteiger partial charge in [0.25, 0.3) is 0 Å². The maximum Gasteiger partial charge on any atom is 0.306 e. The van der Waals surface area contributed by atoms with Gasteiger partial charge < -0.3 is 34.2 Å². The van der Waals surface area contributed by atoms with Gasteiger partial charge in [-0.1, -0.05) is 24.3 Å². The lowest BCUT2D eigenvalue weighted by Crippen LogP contribution is -2.46. The highest BCUT2D eigenvalue weighted by Gasteiger charge is 2.27. The quantitative estimate of drug-likeness (QED) is 0.136.